The third-order valence-electron chi connectivity index (χ3n) is 6.48. The highest BCUT2D eigenvalue weighted by atomic mass is 16.6. The van der Waals surface area contributed by atoms with Crippen LogP contribution in [-0.2, 0) is 19.1 Å². The van der Waals surface area contributed by atoms with E-state index in [1.54, 1.807) is 0 Å². The summed E-state index contributed by atoms with van der Waals surface area (Å²) in [6.45, 7) is 2.28. The first kappa shape index (κ1) is 28.6. The van der Waals surface area contributed by atoms with E-state index in [9.17, 15) is 14.4 Å². The third kappa shape index (κ3) is 16.3. The van der Waals surface area contributed by atoms with Crippen LogP contribution in [-0.4, -0.2) is 23.9 Å². The number of unbranched alkanes of at least 4 members (excludes halogenated alkanes) is 18. The van der Waals surface area contributed by atoms with E-state index in [1.165, 1.54) is 109 Å². The van der Waals surface area contributed by atoms with Crippen molar-refractivity contribution in [3.8, 4) is 0 Å². The van der Waals surface area contributed by atoms with Crippen molar-refractivity contribution in [3.63, 3.8) is 0 Å². The van der Waals surface area contributed by atoms with Gasteiger partial charge in [0, 0.05) is 12.8 Å². The van der Waals surface area contributed by atoms with E-state index < -0.39 is 18.0 Å². The molecule has 0 aromatic heterocycles. The highest BCUT2D eigenvalue weighted by molar-refractivity contribution is 5.93. The second-order valence-electron chi connectivity index (χ2n) is 9.57. The predicted molar refractivity (Wildman–Crippen MR) is 130 cm³/mol. The topological polar surface area (TPSA) is 72.5 Å². The molecule has 1 heterocycles. The molecule has 0 saturated carbocycles. The maximum atomic E-state index is 11.9. The van der Waals surface area contributed by atoms with Gasteiger partial charge in [0.2, 0.25) is 5.91 Å². The van der Waals surface area contributed by atoms with Gasteiger partial charge in [-0.05, 0) is 12.8 Å². The molecule has 1 amide bonds. The molecule has 0 radical (unpaired) electrons. The van der Waals surface area contributed by atoms with Gasteiger partial charge in [-0.25, -0.2) is 4.79 Å². The average molecular weight is 452 g/mol. The highest BCUT2D eigenvalue weighted by Gasteiger charge is 2.29. The Morgan fingerprint density at radius 1 is 0.719 bits per heavy atom. The van der Waals surface area contributed by atoms with E-state index in [1.807, 2.05) is 0 Å². The number of esters is 2. The SMILES string of the molecule is CCCCCCCCCCCCCCCCCCCCCC(=O)N[C@H]1CCC(=O)OC1=O. The molecule has 0 bridgehead atoms. The lowest BCUT2D eigenvalue weighted by molar-refractivity contribution is -0.166. The number of nitrogens with one attached hydrogen (secondary N) is 1. The van der Waals surface area contributed by atoms with Gasteiger partial charge in [0.15, 0.2) is 0 Å². The summed E-state index contributed by atoms with van der Waals surface area (Å²) in [6, 6.07) is -0.652. The molecular weight excluding hydrogens is 402 g/mol. The summed E-state index contributed by atoms with van der Waals surface area (Å²) < 4.78 is 4.55. The molecule has 1 fully saturated rings. The van der Waals surface area contributed by atoms with Crippen LogP contribution in [0.15, 0.2) is 0 Å². The van der Waals surface area contributed by atoms with Crippen molar-refractivity contribution in [1.82, 2.24) is 5.32 Å². The van der Waals surface area contributed by atoms with Crippen molar-refractivity contribution >= 4 is 17.8 Å². The van der Waals surface area contributed by atoms with Gasteiger partial charge < -0.3 is 10.1 Å². The second kappa shape index (κ2) is 20.2. The maximum Gasteiger partial charge on any atom is 0.336 e. The summed E-state index contributed by atoms with van der Waals surface area (Å²) in [4.78, 5) is 34.5. The minimum Gasteiger partial charge on any atom is -0.392 e. The molecule has 1 atom stereocenters. The quantitative estimate of drug-likeness (QED) is 0.114. The second-order valence-corrected chi connectivity index (χ2v) is 9.57. The largest absolute Gasteiger partial charge is 0.392 e. The van der Waals surface area contributed by atoms with Crippen LogP contribution in [0.1, 0.15) is 148 Å². The van der Waals surface area contributed by atoms with Crippen LogP contribution in [0.2, 0.25) is 0 Å². The zero-order valence-corrected chi connectivity index (χ0v) is 20.8. The molecule has 5 nitrogen and oxygen atoms in total. The van der Waals surface area contributed by atoms with Gasteiger partial charge in [-0.15, -0.1) is 0 Å². The van der Waals surface area contributed by atoms with Crippen molar-refractivity contribution in [1.29, 1.82) is 0 Å². The first-order valence-electron chi connectivity index (χ1n) is 13.7. The van der Waals surface area contributed by atoms with Crippen molar-refractivity contribution in [2.24, 2.45) is 0 Å². The molecule has 1 rings (SSSR count). The Morgan fingerprint density at radius 2 is 1.12 bits per heavy atom. The van der Waals surface area contributed by atoms with E-state index in [-0.39, 0.29) is 12.3 Å². The number of carbonyl (C=O) groups is 3. The van der Waals surface area contributed by atoms with E-state index in [4.69, 9.17) is 0 Å². The van der Waals surface area contributed by atoms with Crippen LogP contribution >= 0.6 is 0 Å². The minimum absolute atomic E-state index is 0.117. The lowest BCUT2D eigenvalue weighted by Crippen LogP contribution is -2.45. The number of cyclic esters (lactones) is 2. The average Bonchev–Trinajstić information content (AvgIpc) is 2.77. The fraction of sp³-hybridized carbons (Fsp3) is 0.889. The molecule has 1 N–H and O–H groups in total. The fourth-order valence-corrected chi connectivity index (χ4v) is 4.38. The van der Waals surface area contributed by atoms with E-state index in [2.05, 4.69) is 17.0 Å². The van der Waals surface area contributed by atoms with E-state index in [0.29, 0.717) is 12.8 Å². The number of hydrogen-bond donors (Lipinski definition) is 1. The summed E-state index contributed by atoms with van der Waals surface area (Å²) >= 11 is 0. The number of rotatable bonds is 21. The van der Waals surface area contributed by atoms with Gasteiger partial charge in [-0.2, -0.15) is 0 Å². The molecule has 1 aliphatic heterocycles. The normalized spacial score (nSPS) is 16.2. The van der Waals surface area contributed by atoms with Crippen molar-refractivity contribution in [2.75, 3.05) is 0 Å². The maximum absolute atomic E-state index is 11.9. The third-order valence-corrected chi connectivity index (χ3v) is 6.48. The van der Waals surface area contributed by atoms with Crippen molar-refractivity contribution in [3.05, 3.63) is 0 Å². The molecule has 1 saturated heterocycles. The molecule has 0 spiro atoms. The van der Waals surface area contributed by atoms with Crippen LogP contribution in [0, 0.1) is 0 Å². The smallest absolute Gasteiger partial charge is 0.336 e. The van der Waals surface area contributed by atoms with Gasteiger partial charge >= 0.3 is 11.9 Å². The number of carbonyl (C=O) groups excluding carboxylic acids is 3. The monoisotopic (exact) mass is 451 g/mol. The molecule has 5 heteroatoms. The lowest BCUT2D eigenvalue weighted by Gasteiger charge is -2.20. The standard InChI is InChI=1S/C27H49NO4/c1-2-3-4-5-6-7-8-9-10-11-12-13-14-15-16-17-18-19-20-21-25(29)28-24-22-23-26(30)32-27(24)31/h24H,2-23H2,1H3,(H,28,29)/t24-/m0/s1. The number of ether oxygens (including phenoxy) is 1. The molecule has 186 valence electrons. The Morgan fingerprint density at radius 3 is 1.53 bits per heavy atom. The highest BCUT2D eigenvalue weighted by Crippen LogP contribution is 2.15. The Hall–Kier alpha value is -1.39. The molecule has 0 aliphatic carbocycles. The Bertz CT molecular complexity index is 506. The number of hydrogen-bond acceptors (Lipinski definition) is 4. The molecular formula is C27H49NO4. The summed E-state index contributed by atoms with van der Waals surface area (Å²) in [6.07, 6.45) is 26.3. The van der Waals surface area contributed by atoms with Gasteiger partial charge in [0.1, 0.15) is 6.04 Å². The lowest BCUT2D eigenvalue weighted by atomic mass is 10.0. The van der Waals surface area contributed by atoms with Crippen LogP contribution in [0.25, 0.3) is 0 Å². The molecule has 0 unspecified atom stereocenters. The summed E-state index contributed by atoms with van der Waals surface area (Å²) in [7, 11) is 0. The van der Waals surface area contributed by atoms with Crippen LogP contribution in [0.3, 0.4) is 0 Å². The fourth-order valence-electron chi connectivity index (χ4n) is 4.38. The Kier molecular flexibility index (Phi) is 18.1. The van der Waals surface area contributed by atoms with Crippen LogP contribution in [0.4, 0.5) is 0 Å². The Balaban J connectivity index is 1.76. The summed E-state index contributed by atoms with van der Waals surface area (Å²) in [5, 5.41) is 2.68. The predicted octanol–water partition coefficient (Wildman–Crippen LogP) is 7.16. The van der Waals surface area contributed by atoms with Crippen LogP contribution in [0.5, 0.6) is 0 Å². The molecule has 1 aliphatic rings. The summed E-state index contributed by atoms with van der Waals surface area (Å²) in [5.74, 6) is -1.24. The molecule has 0 aromatic rings. The van der Waals surface area contributed by atoms with Gasteiger partial charge in [-0.1, -0.05) is 122 Å². The molecule has 0 aromatic carbocycles. The first-order chi connectivity index (χ1) is 15.6. The minimum atomic E-state index is -0.652. The van der Waals surface area contributed by atoms with Gasteiger partial charge in [-0.3, -0.25) is 9.59 Å². The van der Waals surface area contributed by atoms with Crippen molar-refractivity contribution < 1.29 is 19.1 Å². The van der Waals surface area contributed by atoms with Gasteiger partial charge in [0.05, 0.1) is 0 Å². The summed E-state index contributed by atoms with van der Waals surface area (Å²) in [5.41, 5.74) is 0. The molecule has 32 heavy (non-hydrogen) atoms. The van der Waals surface area contributed by atoms with E-state index in [0.717, 1.165) is 12.8 Å². The first-order valence-corrected chi connectivity index (χ1v) is 13.7. The van der Waals surface area contributed by atoms with Crippen LogP contribution < -0.4 is 5.32 Å². The Labute approximate surface area is 196 Å². The van der Waals surface area contributed by atoms with Gasteiger partial charge in [0.25, 0.3) is 0 Å². The van der Waals surface area contributed by atoms with Crippen molar-refractivity contribution in [2.45, 2.75) is 154 Å². The zero-order valence-electron chi connectivity index (χ0n) is 20.8. The number of amides is 1. The zero-order chi connectivity index (χ0) is 23.3. The van der Waals surface area contributed by atoms with E-state index >= 15 is 0 Å².